The summed E-state index contributed by atoms with van der Waals surface area (Å²) in [5.41, 5.74) is 0.696. The smallest absolute Gasteiger partial charge is 0.253 e. The molecule has 1 unspecified atom stereocenters. The number of nitrogens with zero attached hydrogens (tertiary/aromatic N) is 1. The zero-order valence-electron chi connectivity index (χ0n) is 13.0. The Morgan fingerprint density at radius 1 is 1.33 bits per heavy atom. The van der Waals surface area contributed by atoms with E-state index in [0.29, 0.717) is 24.5 Å². The third kappa shape index (κ3) is 6.39. The molecule has 1 amide bonds. The number of nitrogens with one attached hydrogen (secondary N) is 1. The van der Waals surface area contributed by atoms with E-state index in [9.17, 15) is 4.79 Å². The van der Waals surface area contributed by atoms with Gasteiger partial charge in [-0.15, -0.1) is 0 Å². The van der Waals surface area contributed by atoms with E-state index < -0.39 is 6.10 Å². The Balaban J connectivity index is 2.43. The van der Waals surface area contributed by atoms with Crippen LogP contribution in [0.4, 0.5) is 5.69 Å². The third-order valence-electron chi connectivity index (χ3n) is 2.66. The second kappa shape index (κ2) is 7.77. The van der Waals surface area contributed by atoms with Gasteiger partial charge in [-0.2, -0.15) is 5.26 Å². The van der Waals surface area contributed by atoms with E-state index in [0.717, 1.165) is 0 Å². The van der Waals surface area contributed by atoms with E-state index in [4.69, 9.17) is 14.7 Å². The van der Waals surface area contributed by atoms with Crippen molar-refractivity contribution in [2.24, 2.45) is 0 Å². The van der Waals surface area contributed by atoms with Crippen LogP contribution in [-0.2, 0) is 14.3 Å². The highest BCUT2D eigenvalue weighted by Crippen LogP contribution is 2.14. The highest BCUT2D eigenvalue weighted by molar-refractivity contribution is 5.95. The first kappa shape index (κ1) is 17.2. The van der Waals surface area contributed by atoms with Crippen molar-refractivity contribution < 1.29 is 14.3 Å². The molecule has 0 aromatic heterocycles. The number of amides is 1. The molecule has 0 aliphatic heterocycles. The number of rotatable bonds is 6. The predicted octanol–water partition coefficient (Wildman–Crippen LogP) is 2.72. The Morgan fingerprint density at radius 2 is 2.00 bits per heavy atom. The topological polar surface area (TPSA) is 71.3 Å². The molecular weight excluding hydrogens is 268 g/mol. The minimum atomic E-state index is -0.611. The molecule has 0 aliphatic rings. The van der Waals surface area contributed by atoms with E-state index in [2.05, 4.69) is 5.32 Å². The number of carbonyl (C=O) groups is 1. The predicted molar refractivity (Wildman–Crippen MR) is 80.9 cm³/mol. The monoisotopic (exact) mass is 290 g/mol. The lowest BCUT2D eigenvalue weighted by Gasteiger charge is -2.20. The van der Waals surface area contributed by atoms with Gasteiger partial charge in [0, 0.05) is 0 Å². The first-order chi connectivity index (χ1) is 9.83. The molecule has 1 rings (SSSR count). The maximum atomic E-state index is 12.0. The molecule has 0 radical (unpaired) electrons. The van der Waals surface area contributed by atoms with Crippen LogP contribution in [0.2, 0.25) is 0 Å². The van der Waals surface area contributed by atoms with E-state index in [1.807, 2.05) is 26.8 Å². The third-order valence-corrected chi connectivity index (χ3v) is 2.66. The summed E-state index contributed by atoms with van der Waals surface area (Å²) in [6, 6.07) is 8.88. The molecule has 1 aromatic rings. The molecule has 1 N–H and O–H groups in total. The highest BCUT2D eigenvalue weighted by atomic mass is 16.5. The number of ether oxygens (including phenoxy) is 2. The van der Waals surface area contributed by atoms with E-state index in [1.54, 1.807) is 31.2 Å². The Morgan fingerprint density at radius 3 is 2.62 bits per heavy atom. The van der Waals surface area contributed by atoms with Crippen molar-refractivity contribution >= 4 is 11.6 Å². The van der Waals surface area contributed by atoms with Gasteiger partial charge in [-0.25, -0.2) is 0 Å². The van der Waals surface area contributed by atoms with Crippen LogP contribution in [0.3, 0.4) is 0 Å². The van der Waals surface area contributed by atoms with Gasteiger partial charge in [-0.05, 0) is 39.8 Å². The van der Waals surface area contributed by atoms with E-state index in [1.165, 1.54) is 0 Å². The second-order valence-electron chi connectivity index (χ2n) is 5.62. The van der Waals surface area contributed by atoms with Crippen LogP contribution in [0, 0.1) is 11.3 Å². The average Bonchev–Trinajstić information content (AvgIpc) is 2.42. The Kier molecular flexibility index (Phi) is 6.35. The van der Waals surface area contributed by atoms with Gasteiger partial charge in [-0.3, -0.25) is 4.79 Å². The van der Waals surface area contributed by atoms with Crippen LogP contribution in [0.5, 0.6) is 0 Å². The van der Waals surface area contributed by atoms with Gasteiger partial charge in [0.05, 0.1) is 30.1 Å². The summed E-state index contributed by atoms with van der Waals surface area (Å²) < 4.78 is 10.9. The molecule has 1 atom stereocenters. The van der Waals surface area contributed by atoms with Gasteiger partial charge in [0.2, 0.25) is 0 Å². The molecule has 0 saturated heterocycles. The molecular formula is C16H22N2O3. The van der Waals surface area contributed by atoms with Crippen LogP contribution in [0.15, 0.2) is 24.3 Å². The fourth-order valence-corrected chi connectivity index (χ4v) is 1.57. The molecule has 0 heterocycles. The first-order valence-electron chi connectivity index (χ1n) is 6.89. The molecule has 114 valence electrons. The standard InChI is InChI=1S/C16H22N2O3/c1-12(20-9-10-21-16(2,3)4)15(19)18-14-8-6-5-7-13(14)11-17/h5-8,12H,9-10H2,1-4H3,(H,18,19). The molecule has 0 bridgehead atoms. The summed E-state index contributed by atoms with van der Waals surface area (Å²) in [4.78, 5) is 12.0. The first-order valence-corrected chi connectivity index (χ1v) is 6.89. The quantitative estimate of drug-likeness (QED) is 0.818. The summed E-state index contributed by atoms with van der Waals surface area (Å²) in [7, 11) is 0. The lowest BCUT2D eigenvalue weighted by molar-refractivity contribution is -0.128. The van der Waals surface area contributed by atoms with Gasteiger partial charge < -0.3 is 14.8 Å². The number of anilines is 1. The highest BCUT2D eigenvalue weighted by Gasteiger charge is 2.16. The summed E-state index contributed by atoms with van der Waals surface area (Å²) >= 11 is 0. The Hall–Kier alpha value is -1.90. The number of nitriles is 1. The summed E-state index contributed by atoms with van der Waals surface area (Å²) in [6.07, 6.45) is -0.611. The van der Waals surface area contributed by atoms with Crippen molar-refractivity contribution in [3.63, 3.8) is 0 Å². The van der Waals surface area contributed by atoms with Gasteiger partial charge in [0.1, 0.15) is 12.2 Å². The van der Waals surface area contributed by atoms with Crippen LogP contribution >= 0.6 is 0 Å². The normalized spacial score (nSPS) is 12.5. The SMILES string of the molecule is CC(OCCOC(C)(C)C)C(=O)Nc1ccccc1C#N. The van der Waals surface area contributed by atoms with E-state index >= 15 is 0 Å². The van der Waals surface area contributed by atoms with Crippen molar-refractivity contribution in [3.05, 3.63) is 29.8 Å². The molecule has 0 saturated carbocycles. The molecule has 0 fully saturated rings. The largest absolute Gasteiger partial charge is 0.373 e. The molecule has 0 aliphatic carbocycles. The molecule has 0 spiro atoms. The van der Waals surface area contributed by atoms with Gasteiger partial charge in [0.25, 0.3) is 5.91 Å². The second-order valence-corrected chi connectivity index (χ2v) is 5.62. The van der Waals surface area contributed by atoms with Gasteiger partial charge in [-0.1, -0.05) is 12.1 Å². The summed E-state index contributed by atoms with van der Waals surface area (Å²) in [5, 5.41) is 11.7. The number of hydrogen-bond donors (Lipinski definition) is 1. The molecule has 5 heteroatoms. The lowest BCUT2D eigenvalue weighted by atomic mass is 10.2. The molecule has 1 aromatic carbocycles. The lowest BCUT2D eigenvalue weighted by Crippen LogP contribution is -2.30. The number of hydrogen-bond acceptors (Lipinski definition) is 4. The zero-order chi connectivity index (χ0) is 15.9. The average molecular weight is 290 g/mol. The molecule has 5 nitrogen and oxygen atoms in total. The fraction of sp³-hybridized carbons (Fsp3) is 0.500. The molecule has 21 heavy (non-hydrogen) atoms. The van der Waals surface area contributed by atoms with Crippen molar-refractivity contribution in [1.82, 2.24) is 0 Å². The van der Waals surface area contributed by atoms with Gasteiger partial charge >= 0.3 is 0 Å². The fourth-order valence-electron chi connectivity index (χ4n) is 1.57. The van der Waals surface area contributed by atoms with Crippen molar-refractivity contribution in [3.8, 4) is 6.07 Å². The maximum absolute atomic E-state index is 12.0. The zero-order valence-corrected chi connectivity index (χ0v) is 13.0. The summed E-state index contributed by atoms with van der Waals surface area (Å²) in [5.74, 6) is -0.284. The minimum absolute atomic E-state index is 0.222. The number of benzene rings is 1. The van der Waals surface area contributed by atoms with Crippen LogP contribution in [-0.4, -0.2) is 30.8 Å². The van der Waals surface area contributed by atoms with Crippen molar-refractivity contribution in [2.75, 3.05) is 18.5 Å². The van der Waals surface area contributed by atoms with Crippen LogP contribution in [0.1, 0.15) is 33.3 Å². The van der Waals surface area contributed by atoms with Crippen molar-refractivity contribution in [2.45, 2.75) is 39.4 Å². The van der Waals surface area contributed by atoms with Crippen molar-refractivity contribution in [1.29, 1.82) is 5.26 Å². The minimum Gasteiger partial charge on any atom is -0.373 e. The van der Waals surface area contributed by atoms with E-state index in [-0.39, 0.29) is 11.5 Å². The number of carbonyl (C=O) groups excluding carboxylic acids is 1. The maximum Gasteiger partial charge on any atom is 0.253 e. The van der Waals surface area contributed by atoms with Gasteiger partial charge in [0.15, 0.2) is 0 Å². The Bertz CT molecular complexity index is 515. The Labute approximate surface area is 125 Å². The van der Waals surface area contributed by atoms with Crippen LogP contribution < -0.4 is 5.32 Å². The number of para-hydroxylation sites is 1. The van der Waals surface area contributed by atoms with Crippen LogP contribution in [0.25, 0.3) is 0 Å². The summed E-state index contributed by atoms with van der Waals surface area (Å²) in [6.45, 7) is 8.31.